The van der Waals surface area contributed by atoms with Crippen molar-refractivity contribution in [1.29, 1.82) is 0 Å². The number of benzene rings is 3. The lowest BCUT2D eigenvalue weighted by atomic mass is 10.0. The Balaban J connectivity index is 1.28. The van der Waals surface area contributed by atoms with Gasteiger partial charge in [-0.2, -0.15) is 0 Å². The first-order chi connectivity index (χ1) is 14.8. The molecule has 4 nitrogen and oxygen atoms in total. The van der Waals surface area contributed by atoms with Gasteiger partial charge in [-0.15, -0.1) is 0 Å². The summed E-state index contributed by atoms with van der Waals surface area (Å²) in [6.45, 7) is 3.43. The lowest BCUT2D eigenvalue weighted by Crippen LogP contribution is -2.29. The second-order valence-electron chi connectivity index (χ2n) is 7.85. The smallest absolute Gasteiger partial charge is 0.161 e. The Morgan fingerprint density at radius 2 is 1.73 bits per heavy atom. The van der Waals surface area contributed by atoms with Crippen LogP contribution in [0.2, 0.25) is 0 Å². The first kappa shape index (κ1) is 18.8. The Hall–Kier alpha value is -3.24. The number of nitrogens with zero attached hydrogens (tertiary/aromatic N) is 1. The summed E-state index contributed by atoms with van der Waals surface area (Å²) in [6.07, 6.45) is 1.08. The number of aromatic amines is 1. The van der Waals surface area contributed by atoms with Crippen LogP contribution in [0.4, 0.5) is 0 Å². The van der Waals surface area contributed by atoms with Gasteiger partial charge in [0.25, 0.3) is 0 Å². The molecule has 4 aromatic rings. The number of ether oxygens (including phenoxy) is 2. The summed E-state index contributed by atoms with van der Waals surface area (Å²) in [4.78, 5) is 6.09. The summed E-state index contributed by atoms with van der Waals surface area (Å²) in [6, 6.07) is 25.1. The highest BCUT2D eigenvalue weighted by atomic mass is 16.5. The fourth-order valence-electron chi connectivity index (χ4n) is 4.31. The van der Waals surface area contributed by atoms with Gasteiger partial charge in [0.2, 0.25) is 0 Å². The molecule has 1 N–H and O–H groups in total. The van der Waals surface area contributed by atoms with Crippen molar-refractivity contribution in [2.45, 2.75) is 26.1 Å². The zero-order valence-corrected chi connectivity index (χ0v) is 17.2. The average molecular weight is 399 g/mol. The number of fused-ring (bicyclic) bond motifs is 3. The minimum absolute atomic E-state index is 0.534. The molecule has 0 fully saturated rings. The van der Waals surface area contributed by atoms with E-state index in [-0.39, 0.29) is 0 Å². The Morgan fingerprint density at radius 3 is 2.60 bits per heavy atom. The van der Waals surface area contributed by atoms with E-state index in [1.54, 1.807) is 7.11 Å². The largest absolute Gasteiger partial charge is 0.493 e. The van der Waals surface area contributed by atoms with E-state index < -0.39 is 0 Å². The molecule has 0 saturated heterocycles. The summed E-state index contributed by atoms with van der Waals surface area (Å²) in [7, 11) is 1.70. The molecular weight excluding hydrogens is 372 g/mol. The molecule has 2 heterocycles. The fraction of sp³-hybridized carbons (Fsp3) is 0.231. The minimum atomic E-state index is 0.534. The third kappa shape index (κ3) is 3.79. The number of rotatable bonds is 6. The predicted molar refractivity (Wildman–Crippen MR) is 120 cm³/mol. The molecule has 30 heavy (non-hydrogen) atoms. The normalized spacial score (nSPS) is 13.9. The van der Waals surface area contributed by atoms with Gasteiger partial charge in [-0.3, -0.25) is 4.90 Å². The van der Waals surface area contributed by atoms with Gasteiger partial charge < -0.3 is 14.5 Å². The number of hydrogen-bond acceptors (Lipinski definition) is 3. The molecule has 5 rings (SSSR count). The Labute approximate surface area is 177 Å². The molecule has 0 saturated carbocycles. The van der Waals surface area contributed by atoms with E-state index in [0.29, 0.717) is 6.61 Å². The molecule has 0 atom stereocenters. The lowest BCUT2D eigenvalue weighted by molar-refractivity contribution is 0.242. The number of para-hydroxylation sites is 1. The summed E-state index contributed by atoms with van der Waals surface area (Å²) >= 11 is 0. The molecule has 152 valence electrons. The SMILES string of the molecule is COc1cc(CN2CCc3c([nH]c4ccccc34)C2)ccc1OCc1ccccc1. The van der Waals surface area contributed by atoms with Gasteiger partial charge in [0.15, 0.2) is 11.5 Å². The van der Waals surface area contributed by atoms with Crippen LogP contribution in [0.15, 0.2) is 72.8 Å². The zero-order chi connectivity index (χ0) is 20.3. The maximum atomic E-state index is 6.00. The number of methoxy groups -OCH3 is 1. The van der Waals surface area contributed by atoms with Crippen LogP contribution in [0.3, 0.4) is 0 Å². The monoisotopic (exact) mass is 398 g/mol. The molecule has 3 aromatic carbocycles. The molecule has 0 spiro atoms. The van der Waals surface area contributed by atoms with Crippen LogP contribution in [0, 0.1) is 0 Å². The van der Waals surface area contributed by atoms with Gasteiger partial charge in [0.1, 0.15) is 6.61 Å². The average Bonchev–Trinajstić information content (AvgIpc) is 3.16. The summed E-state index contributed by atoms with van der Waals surface area (Å²) in [5, 5.41) is 1.37. The second-order valence-corrected chi connectivity index (χ2v) is 7.85. The van der Waals surface area contributed by atoms with Crippen LogP contribution in [0.1, 0.15) is 22.4 Å². The maximum Gasteiger partial charge on any atom is 0.161 e. The van der Waals surface area contributed by atoms with Gasteiger partial charge in [-0.05, 0) is 41.3 Å². The van der Waals surface area contributed by atoms with Crippen molar-refractivity contribution in [3.63, 3.8) is 0 Å². The number of nitrogens with one attached hydrogen (secondary N) is 1. The van der Waals surface area contributed by atoms with Gasteiger partial charge in [-0.1, -0.05) is 54.6 Å². The van der Waals surface area contributed by atoms with Crippen LogP contribution >= 0.6 is 0 Å². The van der Waals surface area contributed by atoms with E-state index in [2.05, 4.69) is 58.4 Å². The van der Waals surface area contributed by atoms with Crippen molar-refractivity contribution in [3.05, 3.63) is 95.2 Å². The van der Waals surface area contributed by atoms with Gasteiger partial charge in [0, 0.05) is 36.2 Å². The molecule has 1 aliphatic rings. The van der Waals surface area contributed by atoms with E-state index >= 15 is 0 Å². The highest BCUT2D eigenvalue weighted by Gasteiger charge is 2.20. The van der Waals surface area contributed by atoms with E-state index in [1.165, 1.54) is 27.7 Å². The Morgan fingerprint density at radius 1 is 0.900 bits per heavy atom. The first-order valence-electron chi connectivity index (χ1n) is 10.4. The van der Waals surface area contributed by atoms with Crippen LogP contribution in [0.5, 0.6) is 11.5 Å². The molecule has 0 radical (unpaired) electrons. The topological polar surface area (TPSA) is 37.5 Å². The minimum Gasteiger partial charge on any atom is -0.493 e. The Kier molecular flexibility index (Phi) is 5.16. The van der Waals surface area contributed by atoms with E-state index in [1.807, 2.05) is 24.3 Å². The van der Waals surface area contributed by atoms with Gasteiger partial charge in [0.05, 0.1) is 7.11 Å². The third-order valence-electron chi connectivity index (χ3n) is 5.83. The first-order valence-corrected chi connectivity index (χ1v) is 10.4. The molecule has 0 bridgehead atoms. The van der Waals surface area contributed by atoms with Gasteiger partial charge in [-0.25, -0.2) is 0 Å². The molecule has 0 unspecified atom stereocenters. The molecule has 1 aromatic heterocycles. The van der Waals surface area contributed by atoms with E-state index in [4.69, 9.17) is 9.47 Å². The van der Waals surface area contributed by atoms with Gasteiger partial charge >= 0.3 is 0 Å². The zero-order valence-electron chi connectivity index (χ0n) is 17.2. The fourth-order valence-corrected chi connectivity index (χ4v) is 4.31. The highest BCUT2D eigenvalue weighted by molar-refractivity contribution is 5.84. The standard InChI is InChI=1S/C26H26N2O2/c1-29-26-15-20(11-12-25(26)30-18-19-7-3-2-4-8-19)16-28-14-13-22-21-9-5-6-10-23(21)27-24(22)17-28/h2-12,15,27H,13-14,16-18H2,1H3. The number of aromatic nitrogens is 1. The van der Waals surface area contributed by atoms with Crippen LogP contribution in [0.25, 0.3) is 10.9 Å². The van der Waals surface area contributed by atoms with Crippen molar-refractivity contribution >= 4 is 10.9 Å². The van der Waals surface area contributed by atoms with Crippen molar-refractivity contribution in [2.24, 2.45) is 0 Å². The molecule has 1 aliphatic heterocycles. The van der Waals surface area contributed by atoms with Crippen molar-refractivity contribution in [3.8, 4) is 11.5 Å². The summed E-state index contributed by atoms with van der Waals surface area (Å²) in [5.41, 5.74) is 6.44. The van der Waals surface area contributed by atoms with Crippen molar-refractivity contribution in [1.82, 2.24) is 9.88 Å². The lowest BCUT2D eigenvalue weighted by Gasteiger charge is -2.27. The number of H-pyrrole nitrogens is 1. The van der Waals surface area contributed by atoms with Crippen molar-refractivity contribution in [2.75, 3.05) is 13.7 Å². The van der Waals surface area contributed by atoms with Crippen LogP contribution in [-0.2, 0) is 26.1 Å². The predicted octanol–water partition coefficient (Wildman–Crippen LogP) is 5.31. The summed E-state index contributed by atoms with van der Waals surface area (Å²) < 4.78 is 11.6. The third-order valence-corrected chi connectivity index (χ3v) is 5.83. The van der Waals surface area contributed by atoms with E-state index in [0.717, 1.165) is 43.1 Å². The van der Waals surface area contributed by atoms with E-state index in [9.17, 15) is 0 Å². The number of hydrogen-bond donors (Lipinski definition) is 1. The maximum absolute atomic E-state index is 6.00. The molecule has 4 heteroatoms. The molecular formula is C26H26N2O2. The Bertz CT molecular complexity index is 1150. The summed E-state index contributed by atoms with van der Waals surface area (Å²) in [5.74, 6) is 1.56. The quantitative estimate of drug-likeness (QED) is 0.478. The molecule has 0 aliphatic carbocycles. The molecule has 0 amide bonds. The highest BCUT2D eigenvalue weighted by Crippen LogP contribution is 2.31. The van der Waals surface area contributed by atoms with Crippen LogP contribution < -0.4 is 9.47 Å². The second kappa shape index (κ2) is 8.25. The van der Waals surface area contributed by atoms with Crippen LogP contribution in [-0.4, -0.2) is 23.5 Å². The van der Waals surface area contributed by atoms with Crippen molar-refractivity contribution < 1.29 is 9.47 Å².